The molecule has 4 rings (SSSR count). The van der Waals surface area contributed by atoms with E-state index in [1.165, 1.54) is 18.2 Å². The number of halogens is 1. The summed E-state index contributed by atoms with van der Waals surface area (Å²) in [5.41, 5.74) is 1.39. The van der Waals surface area contributed by atoms with E-state index in [1.807, 2.05) is 25.1 Å². The molecule has 2 aliphatic heterocycles. The number of para-hydroxylation sites is 2. The van der Waals surface area contributed by atoms with Crippen LogP contribution in [0.25, 0.3) is 0 Å². The molecule has 10 heteroatoms. The first kappa shape index (κ1) is 23.6. The summed E-state index contributed by atoms with van der Waals surface area (Å²) in [4.78, 5) is 48.2. The molecule has 0 saturated carbocycles. The number of carbonyl (C=O) groups excluding carboxylic acids is 3. The Kier molecular flexibility index (Phi) is 7.36. The molecule has 2 heterocycles. The predicted octanol–water partition coefficient (Wildman–Crippen LogP) is 3.46. The van der Waals surface area contributed by atoms with Gasteiger partial charge in [-0.25, -0.2) is 9.38 Å². The fourth-order valence-corrected chi connectivity index (χ4v) is 4.48. The highest BCUT2D eigenvalue weighted by molar-refractivity contribution is 8.14. The van der Waals surface area contributed by atoms with Crippen LogP contribution in [0.15, 0.2) is 58.5 Å². The van der Waals surface area contributed by atoms with Crippen LogP contribution in [0.2, 0.25) is 0 Å². The number of hydrogen-bond donors (Lipinski definition) is 2. The summed E-state index contributed by atoms with van der Waals surface area (Å²) >= 11 is 1.10. The molecule has 0 fully saturated rings. The summed E-state index contributed by atoms with van der Waals surface area (Å²) in [6.07, 6.45) is 1.72. The number of amidine groups is 2. The number of nitrogens with one attached hydrogen (secondary N) is 2. The van der Waals surface area contributed by atoms with E-state index in [9.17, 15) is 18.8 Å². The zero-order valence-electron chi connectivity index (χ0n) is 18.6. The summed E-state index contributed by atoms with van der Waals surface area (Å²) in [7, 11) is 0. The number of benzene rings is 2. The standard InChI is InChI=1S/C24H24FN5O3S/c1-2-3-12-26-20(31)13-19-23(33)29-22-15-8-4-6-10-17(15)28-24(30(19)22)34-14-21(32)27-18-11-7-5-9-16(18)25/h4-11,19H,2-3,12-14H2,1H3,(H,26,31)(H,27,32). The Morgan fingerprint density at radius 1 is 1.09 bits per heavy atom. The summed E-state index contributed by atoms with van der Waals surface area (Å²) in [5, 5.41) is 5.76. The fraction of sp³-hybridized carbons (Fsp3) is 0.292. The first-order valence-corrected chi connectivity index (χ1v) is 12.0. The summed E-state index contributed by atoms with van der Waals surface area (Å²) < 4.78 is 13.9. The molecule has 2 aromatic carbocycles. The normalized spacial score (nSPS) is 16.4. The van der Waals surface area contributed by atoms with Crippen LogP contribution in [0.5, 0.6) is 0 Å². The van der Waals surface area contributed by atoms with Crippen LogP contribution in [0, 0.1) is 5.82 Å². The molecule has 0 aromatic heterocycles. The van der Waals surface area contributed by atoms with Gasteiger partial charge >= 0.3 is 0 Å². The third-order valence-corrected chi connectivity index (χ3v) is 6.27. The number of rotatable bonds is 8. The van der Waals surface area contributed by atoms with Crippen molar-refractivity contribution in [3.8, 4) is 0 Å². The van der Waals surface area contributed by atoms with Gasteiger partial charge in [0, 0.05) is 12.1 Å². The van der Waals surface area contributed by atoms with Crippen LogP contribution in [0.3, 0.4) is 0 Å². The molecular weight excluding hydrogens is 457 g/mol. The van der Waals surface area contributed by atoms with Gasteiger partial charge in [0.05, 0.1) is 23.5 Å². The number of carbonyl (C=O) groups is 3. The smallest absolute Gasteiger partial charge is 0.271 e. The van der Waals surface area contributed by atoms with Gasteiger partial charge in [0.1, 0.15) is 17.7 Å². The second-order valence-corrected chi connectivity index (χ2v) is 8.74. The van der Waals surface area contributed by atoms with Gasteiger partial charge in [-0.2, -0.15) is 4.99 Å². The highest BCUT2D eigenvalue weighted by Crippen LogP contribution is 2.34. The quantitative estimate of drug-likeness (QED) is 0.562. The number of aliphatic imine (C=N–C) groups is 2. The van der Waals surface area contributed by atoms with Crippen molar-refractivity contribution in [1.29, 1.82) is 0 Å². The SMILES string of the molecule is CCCCNC(=O)CC1C(=O)N=C2c3ccccc3N=C(SCC(=O)Nc3ccccc3F)N21. The van der Waals surface area contributed by atoms with Gasteiger partial charge in [0.2, 0.25) is 11.8 Å². The van der Waals surface area contributed by atoms with Crippen LogP contribution >= 0.6 is 11.8 Å². The number of nitrogens with zero attached hydrogens (tertiary/aromatic N) is 3. The highest BCUT2D eigenvalue weighted by atomic mass is 32.2. The molecule has 2 N–H and O–H groups in total. The van der Waals surface area contributed by atoms with E-state index in [-0.39, 0.29) is 23.8 Å². The van der Waals surface area contributed by atoms with Crippen LogP contribution < -0.4 is 10.6 Å². The average molecular weight is 482 g/mol. The van der Waals surface area contributed by atoms with E-state index in [4.69, 9.17) is 0 Å². The Bertz CT molecular complexity index is 1180. The van der Waals surface area contributed by atoms with E-state index in [1.54, 1.807) is 17.0 Å². The van der Waals surface area contributed by atoms with Crippen molar-refractivity contribution in [2.24, 2.45) is 9.98 Å². The molecule has 8 nitrogen and oxygen atoms in total. The van der Waals surface area contributed by atoms with E-state index in [2.05, 4.69) is 20.6 Å². The van der Waals surface area contributed by atoms with Crippen molar-refractivity contribution in [1.82, 2.24) is 10.2 Å². The number of amides is 3. The van der Waals surface area contributed by atoms with Crippen molar-refractivity contribution < 1.29 is 18.8 Å². The van der Waals surface area contributed by atoms with Crippen LogP contribution in [-0.4, -0.2) is 52.0 Å². The fourth-order valence-electron chi connectivity index (χ4n) is 3.63. The summed E-state index contributed by atoms with van der Waals surface area (Å²) in [5.74, 6) is -1.28. The molecule has 2 aliphatic rings. The predicted molar refractivity (Wildman–Crippen MR) is 131 cm³/mol. The maximum Gasteiger partial charge on any atom is 0.271 e. The van der Waals surface area contributed by atoms with Gasteiger partial charge in [-0.3, -0.25) is 19.3 Å². The Hall–Kier alpha value is -3.53. The first-order chi connectivity index (χ1) is 16.5. The monoisotopic (exact) mass is 481 g/mol. The van der Waals surface area contributed by atoms with E-state index >= 15 is 0 Å². The summed E-state index contributed by atoms with van der Waals surface area (Å²) in [6.45, 7) is 2.57. The maximum atomic E-state index is 13.9. The van der Waals surface area contributed by atoms with Crippen molar-refractivity contribution >= 4 is 51.9 Å². The minimum atomic E-state index is -0.842. The Labute approximate surface area is 200 Å². The minimum Gasteiger partial charge on any atom is -0.356 e. The number of hydrogen-bond acceptors (Lipinski definition) is 6. The van der Waals surface area contributed by atoms with E-state index < -0.39 is 23.7 Å². The molecule has 0 radical (unpaired) electrons. The molecule has 0 bridgehead atoms. The molecule has 3 amide bonds. The maximum absolute atomic E-state index is 13.9. The Balaban J connectivity index is 1.52. The lowest BCUT2D eigenvalue weighted by Crippen LogP contribution is -2.46. The second-order valence-electron chi connectivity index (χ2n) is 7.80. The molecule has 34 heavy (non-hydrogen) atoms. The largest absolute Gasteiger partial charge is 0.356 e. The lowest BCUT2D eigenvalue weighted by Gasteiger charge is -2.30. The van der Waals surface area contributed by atoms with Crippen LogP contribution in [-0.2, 0) is 14.4 Å². The first-order valence-electron chi connectivity index (χ1n) is 11.0. The third kappa shape index (κ3) is 5.17. The Morgan fingerprint density at radius 3 is 2.65 bits per heavy atom. The van der Waals surface area contributed by atoms with Crippen molar-refractivity contribution in [2.75, 3.05) is 17.6 Å². The lowest BCUT2D eigenvalue weighted by atomic mass is 10.1. The zero-order valence-corrected chi connectivity index (χ0v) is 19.4. The molecule has 1 atom stereocenters. The molecule has 0 aliphatic carbocycles. The summed E-state index contributed by atoms with van der Waals surface area (Å²) in [6, 6.07) is 12.3. The van der Waals surface area contributed by atoms with Gasteiger partial charge in [0.15, 0.2) is 5.17 Å². The average Bonchev–Trinajstić information content (AvgIpc) is 3.15. The van der Waals surface area contributed by atoms with Crippen LogP contribution in [0.4, 0.5) is 15.8 Å². The van der Waals surface area contributed by atoms with Gasteiger partial charge < -0.3 is 10.6 Å². The van der Waals surface area contributed by atoms with Crippen molar-refractivity contribution in [3.63, 3.8) is 0 Å². The molecule has 0 saturated heterocycles. The second kappa shape index (κ2) is 10.6. The molecule has 1 unspecified atom stereocenters. The van der Waals surface area contributed by atoms with Crippen molar-refractivity contribution in [2.45, 2.75) is 32.2 Å². The zero-order chi connectivity index (χ0) is 24.1. The molecule has 176 valence electrons. The lowest BCUT2D eigenvalue weighted by molar-refractivity contribution is -0.126. The topological polar surface area (TPSA) is 103 Å². The Morgan fingerprint density at radius 2 is 1.85 bits per heavy atom. The van der Waals surface area contributed by atoms with Gasteiger partial charge in [-0.1, -0.05) is 49.4 Å². The molecular formula is C24H24FN5O3S. The van der Waals surface area contributed by atoms with Crippen molar-refractivity contribution in [3.05, 3.63) is 59.9 Å². The van der Waals surface area contributed by atoms with E-state index in [0.29, 0.717) is 28.8 Å². The van der Waals surface area contributed by atoms with Crippen LogP contribution in [0.1, 0.15) is 31.7 Å². The van der Waals surface area contributed by atoms with E-state index in [0.717, 1.165) is 24.6 Å². The number of anilines is 1. The minimum absolute atomic E-state index is 0.0667. The van der Waals surface area contributed by atoms with Gasteiger partial charge in [-0.15, -0.1) is 0 Å². The molecule has 0 spiro atoms. The molecule has 2 aromatic rings. The van der Waals surface area contributed by atoms with Gasteiger partial charge in [-0.05, 0) is 30.7 Å². The van der Waals surface area contributed by atoms with Gasteiger partial charge in [0.25, 0.3) is 5.91 Å². The highest BCUT2D eigenvalue weighted by Gasteiger charge is 2.42. The number of thioether (sulfide) groups is 1. The number of fused-ring (bicyclic) bond motifs is 3. The third-order valence-electron chi connectivity index (χ3n) is 5.32. The number of unbranched alkanes of at least 4 members (excludes halogenated alkanes) is 1.